The van der Waals surface area contributed by atoms with Crippen molar-refractivity contribution in [3.05, 3.63) is 30.2 Å². The van der Waals surface area contributed by atoms with E-state index in [1.807, 2.05) is 0 Å². The number of hydrogen-bond donors (Lipinski definition) is 3. The SMILES string of the molecule is NC(=O)c1nc(-c2cccnc2)[nH]c1O. The Morgan fingerprint density at radius 1 is 1.53 bits per heavy atom. The highest BCUT2D eigenvalue weighted by Crippen LogP contribution is 2.20. The lowest BCUT2D eigenvalue weighted by Gasteiger charge is -1.92. The third-order valence-electron chi connectivity index (χ3n) is 1.85. The molecule has 0 radical (unpaired) electrons. The van der Waals surface area contributed by atoms with Crippen LogP contribution in [-0.4, -0.2) is 26.0 Å². The number of pyridine rings is 1. The topological polar surface area (TPSA) is 105 Å². The standard InChI is InChI=1S/C9H8N4O2/c10-7(14)6-9(15)13-8(12-6)5-2-1-3-11-4-5/h1-4,15H,(H2,10,14)(H,12,13). The number of rotatable bonds is 2. The summed E-state index contributed by atoms with van der Waals surface area (Å²) in [5.74, 6) is -0.755. The maximum Gasteiger partial charge on any atom is 0.272 e. The first-order valence-corrected chi connectivity index (χ1v) is 4.17. The Kier molecular flexibility index (Phi) is 2.09. The first kappa shape index (κ1) is 9.20. The van der Waals surface area contributed by atoms with E-state index < -0.39 is 5.91 Å². The fourth-order valence-electron chi connectivity index (χ4n) is 1.18. The molecule has 0 aliphatic rings. The van der Waals surface area contributed by atoms with Crippen LogP contribution in [0.15, 0.2) is 24.5 Å². The van der Waals surface area contributed by atoms with Gasteiger partial charge >= 0.3 is 0 Å². The van der Waals surface area contributed by atoms with Gasteiger partial charge in [0.1, 0.15) is 5.82 Å². The molecule has 0 aliphatic heterocycles. The van der Waals surface area contributed by atoms with Crippen LogP contribution in [0.3, 0.4) is 0 Å². The minimum Gasteiger partial charge on any atom is -0.493 e. The molecular formula is C9H8N4O2. The highest BCUT2D eigenvalue weighted by Gasteiger charge is 2.14. The van der Waals surface area contributed by atoms with Gasteiger partial charge in [0.05, 0.1) is 0 Å². The van der Waals surface area contributed by atoms with Crippen LogP contribution >= 0.6 is 0 Å². The molecule has 0 saturated heterocycles. The van der Waals surface area contributed by atoms with Crippen molar-refractivity contribution in [3.63, 3.8) is 0 Å². The molecule has 0 saturated carbocycles. The number of imidazole rings is 1. The number of nitrogens with one attached hydrogen (secondary N) is 1. The molecule has 0 unspecified atom stereocenters. The van der Waals surface area contributed by atoms with Crippen molar-refractivity contribution in [1.82, 2.24) is 15.0 Å². The molecular weight excluding hydrogens is 196 g/mol. The van der Waals surface area contributed by atoms with Gasteiger partial charge < -0.3 is 15.8 Å². The molecule has 1 amide bonds. The third-order valence-corrected chi connectivity index (χ3v) is 1.85. The molecule has 0 aliphatic carbocycles. The molecule has 2 aromatic rings. The largest absolute Gasteiger partial charge is 0.493 e. The van der Waals surface area contributed by atoms with Gasteiger partial charge in [-0.1, -0.05) is 0 Å². The Balaban J connectivity index is 2.48. The monoisotopic (exact) mass is 204 g/mol. The van der Waals surface area contributed by atoms with E-state index in [9.17, 15) is 9.90 Å². The van der Waals surface area contributed by atoms with Crippen LogP contribution in [0.25, 0.3) is 11.4 Å². The molecule has 76 valence electrons. The Morgan fingerprint density at radius 2 is 2.33 bits per heavy atom. The molecule has 4 N–H and O–H groups in total. The molecule has 2 aromatic heterocycles. The van der Waals surface area contributed by atoms with Crippen LogP contribution in [0, 0.1) is 0 Å². The minimum absolute atomic E-state index is 0.172. The first-order valence-electron chi connectivity index (χ1n) is 4.17. The van der Waals surface area contributed by atoms with E-state index in [4.69, 9.17) is 5.73 Å². The van der Waals surface area contributed by atoms with Gasteiger partial charge in [0.25, 0.3) is 5.91 Å². The number of aromatic amines is 1. The van der Waals surface area contributed by atoms with Gasteiger partial charge in [-0.05, 0) is 12.1 Å². The van der Waals surface area contributed by atoms with Gasteiger partial charge in [-0.3, -0.25) is 9.78 Å². The fourth-order valence-corrected chi connectivity index (χ4v) is 1.18. The van der Waals surface area contributed by atoms with E-state index in [0.29, 0.717) is 11.4 Å². The second-order valence-electron chi connectivity index (χ2n) is 2.89. The Morgan fingerprint density at radius 3 is 2.87 bits per heavy atom. The summed E-state index contributed by atoms with van der Waals surface area (Å²) in [5, 5.41) is 9.32. The normalized spacial score (nSPS) is 10.1. The number of primary amides is 1. The molecule has 2 heterocycles. The maximum atomic E-state index is 10.8. The molecule has 6 nitrogen and oxygen atoms in total. The number of nitrogens with zero attached hydrogens (tertiary/aromatic N) is 2. The van der Waals surface area contributed by atoms with Crippen LogP contribution in [0.5, 0.6) is 5.88 Å². The van der Waals surface area contributed by atoms with Gasteiger partial charge in [0, 0.05) is 18.0 Å². The van der Waals surface area contributed by atoms with E-state index in [1.54, 1.807) is 24.5 Å². The molecule has 2 rings (SSSR count). The number of aromatic hydroxyl groups is 1. The summed E-state index contributed by atoms with van der Waals surface area (Å²) in [6.45, 7) is 0. The first-order chi connectivity index (χ1) is 7.18. The number of carbonyl (C=O) groups is 1. The quantitative estimate of drug-likeness (QED) is 0.653. The number of aromatic nitrogens is 3. The Hall–Kier alpha value is -2.37. The van der Waals surface area contributed by atoms with E-state index in [2.05, 4.69) is 15.0 Å². The molecule has 0 spiro atoms. The van der Waals surface area contributed by atoms with E-state index in [1.165, 1.54) is 0 Å². The van der Waals surface area contributed by atoms with Crippen LogP contribution in [-0.2, 0) is 0 Å². The van der Waals surface area contributed by atoms with E-state index in [0.717, 1.165) is 0 Å². The summed E-state index contributed by atoms with van der Waals surface area (Å²) in [6.07, 6.45) is 3.17. The maximum absolute atomic E-state index is 10.8. The van der Waals surface area contributed by atoms with Gasteiger partial charge in [-0.25, -0.2) is 4.98 Å². The lowest BCUT2D eigenvalue weighted by Crippen LogP contribution is -2.11. The fraction of sp³-hybridized carbons (Fsp3) is 0. The van der Waals surface area contributed by atoms with Crippen LogP contribution in [0.2, 0.25) is 0 Å². The Bertz CT molecular complexity index is 492. The van der Waals surface area contributed by atoms with Gasteiger partial charge in [0.2, 0.25) is 5.88 Å². The molecule has 6 heteroatoms. The zero-order valence-corrected chi connectivity index (χ0v) is 7.64. The summed E-state index contributed by atoms with van der Waals surface area (Å²) in [5.41, 5.74) is 5.50. The van der Waals surface area contributed by atoms with E-state index in [-0.39, 0.29) is 11.6 Å². The summed E-state index contributed by atoms with van der Waals surface area (Å²) in [7, 11) is 0. The number of amides is 1. The van der Waals surface area contributed by atoms with Gasteiger partial charge in [0.15, 0.2) is 5.69 Å². The lowest BCUT2D eigenvalue weighted by atomic mass is 10.3. The second kappa shape index (κ2) is 3.41. The highest BCUT2D eigenvalue weighted by molar-refractivity contribution is 5.93. The van der Waals surface area contributed by atoms with Crippen molar-refractivity contribution >= 4 is 5.91 Å². The third kappa shape index (κ3) is 1.64. The summed E-state index contributed by atoms with van der Waals surface area (Å²) < 4.78 is 0. The smallest absolute Gasteiger partial charge is 0.272 e. The van der Waals surface area contributed by atoms with Crippen molar-refractivity contribution in [2.24, 2.45) is 5.73 Å². The summed E-state index contributed by atoms with van der Waals surface area (Å²) in [4.78, 5) is 21.1. The molecule has 0 bridgehead atoms. The number of hydrogen-bond acceptors (Lipinski definition) is 4. The average Bonchev–Trinajstić information content (AvgIpc) is 2.62. The van der Waals surface area contributed by atoms with Crippen LogP contribution in [0.4, 0.5) is 0 Å². The van der Waals surface area contributed by atoms with Crippen molar-refractivity contribution < 1.29 is 9.90 Å². The van der Waals surface area contributed by atoms with Crippen molar-refractivity contribution in [3.8, 4) is 17.3 Å². The highest BCUT2D eigenvalue weighted by atomic mass is 16.3. The predicted molar refractivity (Wildman–Crippen MR) is 52.0 cm³/mol. The lowest BCUT2D eigenvalue weighted by molar-refractivity contribution is 0.0993. The van der Waals surface area contributed by atoms with Gasteiger partial charge in [-0.15, -0.1) is 0 Å². The minimum atomic E-state index is -0.779. The molecule has 0 atom stereocenters. The zero-order chi connectivity index (χ0) is 10.8. The molecule has 0 aromatic carbocycles. The van der Waals surface area contributed by atoms with E-state index >= 15 is 0 Å². The van der Waals surface area contributed by atoms with Gasteiger partial charge in [-0.2, -0.15) is 0 Å². The van der Waals surface area contributed by atoms with Crippen molar-refractivity contribution in [1.29, 1.82) is 0 Å². The zero-order valence-electron chi connectivity index (χ0n) is 7.64. The summed E-state index contributed by atoms with van der Waals surface area (Å²) in [6, 6.07) is 3.47. The second-order valence-corrected chi connectivity index (χ2v) is 2.89. The predicted octanol–water partition coefficient (Wildman–Crippen LogP) is 0.276. The van der Waals surface area contributed by atoms with Crippen LogP contribution < -0.4 is 5.73 Å². The van der Waals surface area contributed by atoms with Crippen LogP contribution in [0.1, 0.15) is 10.5 Å². The number of H-pyrrole nitrogens is 1. The van der Waals surface area contributed by atoms with Crippen molar-refractivity contribution in [2.75, 3.05) is 0 Å². The van der Waals surface area contributed by atoms with Crippen molar-refractivity contribution in [2.45, 2.75) is 0 Å². The molecule has 15 heavy (non-hydrogen) atoms. The Labute approximate surface area is 84.8 Å². The average molecular weight is 204 g/mol. The number of carbonyl (C=O) groups excluding carboxylic acids is 1. The molecule has 0 fully saturated rings. The number of nitrogens with two attached hydrogens (primary N) is 1. The summed E-state index contributed by atoms with van der Waals surface area (Å²) >= 11 is 0.